The van der Waals surface area contributed by atoms with Crippen molar-refractivity contribution in [3.05, 3.63) is 17.3 Å². The van der Waals surface area contributed by atoms with Crippen LogP contribution < -0.4 is 5.73 Å². The number of esters is 1. The third-order valence-corrected chi connectivity index (χ3v) is 1.67. The summed E-state index contributed by atoms with van der Waals surface area (Å²) in [4.78, 5) is 11.7. The average molecular weight is 209 g/mol. The minimum Gasteiger partial charge on any atom is -0.456 e. The molecule has 0 aliphatic carbocycles. The number of hydrogen-bond acceptors (Lipinski definition) is 5. The highest BCUT2D eigenvalue weighted by Crippen LogP contribution is 2.17. The van der Waals surface area contributed by atoms with E-state index < -0.39 is 11.6 Å². The lowest BCUT2D eigenvalue weighted by molar-refractivity contribution is 0.00695. The Labute approximate surface area is 88.6 Å². The number of ether oxygens (including phenoxy) is 1. The van der Waals surface area contributed by atoms with Crippen molar-refractivity contribution in [1.82, 2.24) is 10.2 Å². The molecule has 0 saturated carbocycles. The standard InChI is InChI=1S/C10H15N3O2/c1-6-5-12-13-8(11)7(6)9(14)15-10(2,3)4/h5H,1-4H3,(H2,11,13). The first-order valence-electron chi connectivity index (χ1n) is 4.62. The predicted molar refractivity (Wildman–Crippen MR) is 56.3 cm³/mol. The van der Waals surface area contributed by atoms with Crippen LogP contribution >= 0.6 is 0 Å². The lowest BCUT2D eigenvalue weighted by atomic mass is 10.1. The molecule has 0 spiro atoms. The highest BCUT2D eigenvalue weighted by Gasteiger charge is 2.22. The van der Waals surface area contributed by atoms with Crippen LogP contribution in [0.15, 0.2) is 6.20 Å². The fourth-order valence-electron chi connectivity index (χ4n) is 1.09. The van der Waals surface area contributed by atoms with Crippen molar-refractivity contribution in [3.8, 4) is 0 Å². The van der Waals surface area contributed by atoms with Crippen molar-refractivity contribution >= 4 is 11.8 Å². The summed E-state index contributed by atoms with van der Waals surface area (Å²) in [5.74, 6) is -0.364. The Kier molecular flexibility index (Phi) is 2.93. The van der Waals surface area contributed by atoms with Gasteiger partial charge in [-0.25, -0.2) is 4.79 Å². The summed E-state index contributed by atoms with van der Waals surface area (Å²) in [6.07, 6.45) is 1.48. The van der Waals surface area contributed by atoms with E-state index in [0.29, 0.717) is 11.1 Å². The molecule has 1 rings (SSSR count). The van der Waals surface area contributed by atoms with Gasteiger partial charge in [-0.2, -0.15) is 5.10 Å². The van der Waals surface area contributed by atoms with Crippen molar-refractivity contribution in [3.63, 3.8) is 0 Å². The summed E-state index contributed by atoms with van der Waals surface area (Å²) >= 11 is 0. The van der Waals surface area contributed by atoms with E-state index in [4.69, 9.17) is 10.5 Å². The Balaban J connectivity index is 3.02. The summed E-state index contributed by atoms with van der Waals surface area (Å²) in [5.41, 5.74) is 5.98. The van der Waals surface area contributed by atoms with Gasteiger partial charge in [0.05, 0.1) is 6.20 Å². The monoisotopic (exact) mass is 209 g/mol. The normalized spacial score (nSPS) is 11.2. The second-order valence-electron chi connectivity index (χ2n) is 4.29. The van der Waals surface area contributed by atoms with E-state index in [-0.39, 0.29) is 5.82 Å². The molecule has 0 unspecified atom stereocenters. The van der Waals surface area contributed by atoms with Crippen molar-refractivity contribution in [1.29, 1.82) is 0 Å². The molecule has 0 aliphatic heterocycles. The van der Waals surface area contributed by atoms with Gasteiger partial charge >= 0.3 is 5.97 Å². The average Bonchev–Trinajstić information content (AvgIpc) is 1.99. The van der Waals surface area contributed by atoms with Crippen LogP contribution in [0.2, 0.25) is 0 Å². The number of carbonyl (C=O) groups excluding carboxylic acids is 1. The third kappa shape index (κ3) is 2.90. The van der Waals surface area contributed by atoms with E-state index in [1.807, 2.05) is 0 Å². The molecule has 0 radical (unpaired) electrons. The zero-order valence-electron chi connectivity index (χ0n) is 9.37. The minimum atomic E-state index is -0.542. The fourth-order valence-corrected chi connectivity index (χ4v) is 1.09. The molecule has 82 valence electrons. The van der Waals surface area contributed by atoms with Crippen LogP contribution in [-0.4, -0.2) is 21.8 Å². The van der Waals surface area contributed by atoms with Gasteiger partial charge in [-0.1, -0.05) is 0 Å². The second-order valence-corrected chi connectivity index (χ2v) is 4.29. The molecule has 2 N–H and O–H groups in total. The molecule has 0 saturated heterocycles. The fraction of sp³-hybridized carbons (Fsp3) is 0.500. The Morgan fingerprint density at radius 3 is 2.53 bits per heavy atom. The molecule has 5 nitrogen and oxygen atoms in total. The molecular formula is C10H15N3O2. The number of anilines is 1. The molecule has 0 atom stereocenters. The van der Waals surface area contributed by atoms with Crippen LogP contribution in [0.1, 0.15) is 36.7 Å². The maximum atomic E-state index is 11.7. The minimum absolute atomic E-state index is 0.101. The first kappa shape index (κ1) is 11.4. The number of nitrogen functional groups attached to an aromatic ring is 1. The van der Waals surface area contributed by atoms with Gasteiger partial charge in [0.2, 0.25) is 0 Å². The Hall–Kier alpha value is -1.65. The van der Waals surface area contributed by atoms with Crippen LogP contribution in [0.3, 0.4) is 0 Å². The number of nitrogens with two attached hydrogens (primary N) is 1. The number of aryl methyl sites for hydroxylation is 1. The molecule has 0 aliphatic rings. The molecule has 1 heterocycles. The molecule has 5 heteroatoms. The number of nitrogens with zero attached hydrogens (tertiary/aromatic N) is 2. The van der Waals surface area contributed by atoms with E-state index in [0.717, 1.165) is 0 Å². The Bertz CT molecular complexity index is 362. The number of aromatic nitrogens is 2. The van der Waals surface area contributed by atoms with Crippen LogP contribution in [0.25, 0.3) is 0 Å². The SMILES string of the molecule is Cc1cnnc(N)c1C(=O)OC(C)(C)C. The van der Waals surface area contributed by atoms with Gasteiger partial charge in [-0.05, 0) is 33.3 Å². The highest BCUT2D eigenvalue weighted by atomic mass is 16.6. The molecular weight excluding hydrogens is 194 g/mol. The largest absolute Gasteiger partial charge is 0.456 e. The highest BCUT2D eigenvalue weighted by molar-refractivity contribution is 5.95. The summed E-state index contributed by atoms with van der Waals surface area (Å²) < 4.78 is 5.20. The van der Waals surface area contributed by atoms with E-state index in [1.54, 1.807) is 27.7 Å². The van der Waals surface area contributed by atoms with Crippen molar-refractivity contribution < 1.29 is 9.53 Å². The molecule has 15 heavy (non-hydrogen) atoms. The topological polar surface area (TPSA) is 78.1 Å². The van der Waals surface area contributed by atoms with E-state index >= 15 is 0 Å². The maximum absolute atomic E-state index is 11.7. The van der Waals surface area contributed by atoms with Crippen LogP contribution in [0.4, 0.5) is 5.82 Å². The van der Waals surface area contributed by atoms with Gasteiger partial charge in [-0.15, -0.1) is 5.10 Å². The molecule has 1 aromatic rings. The number of hydrogen-bond donors (Lipinski definition) is 1. The van der Waals surface area contributed by atoms with Gasteiger partial charge in [0.15, 0.2) is 5.82 Å². The second kappa shape index (κ2) is 3.84. The van der Waals surface area contributed by atoms with E-state index in [1.165, 1.54) is 6.20 Å². The molecule has 0 amide bonds. The summed E-state index contributed by atoms with van der Waals surface area (Å²) in [5, 5.41) is 7.26. The van der Waals surface area contributed by atoms with Crippen LogP contribution in [0.5, 0.6) is 0 Å². The molecule has 0 aromatic carbocycles. The first-order valence-corrected chi connectivity index (χ1v) is 4.62. The zero-order valence-corrected chi connectivity index (χ0v) is 9.37. The zero-order chi connectivity index (χ0) is 11.6. The maximum Gasteiger partial charge on any atom is 0.342 e. The predicted octanol–water partition coefficient (Wildman–Crippen LogP) is 1.32. The van der Waals surface area contributed by atoms with Crippen molar-refractivity contribution in [2.45, 2.75) is 33.3 Å². The third-order valence-electron chi connectivity index (χ3n) is 1.67. The number of carbonyl (C=O) groups is 1. The van der Waals surface area contributed by atoms with Crippen LogP contribution in [-0.2, 0) is 4.74 Å². The summed E-state index contributed by atoms with van der Waals surface area (Å²) in [7, 11) is 0. The first-order chi connectivity index (χ1) is 6.81. The van der Waals surface area contributed by atoms with Gasteiger partial charge in [0.1, 0.15) is 11.2 Å². The molecule has 0 bridgehead atoms. The Morgan fingerprint density at radius 1 is 1.47 bits per heavy atom. The van der Waals surface area contributed by atoms with Gasteiger partial charge in [-0.3, -0.25) is 0 Å². The van der Waals surface area contributed by atoms with E-state index in [2.05, 4.69) is 10.2 Å². The van der Waals surface area contributed by atoms with Crippen LogP contribution in [0, 0.1) is 6.92 Å². The lowest BCUT2D eigenvalue weighted by Crippen LogP contribution is -2.25. The lowest BCUT2D eigenvalue weighted by Gasteiger charge is -2.20. The smallest absolute Gasteiger partial charge is 0.342 e. The quantitative estimate of drug-likeness (QED) is 0.706. The van der Waals surface area contributed by atoms with Gasteiger partial charge in [0.25, 0.3) is 0 Å². The summed E-state index contributed by atoms with van der Waals surface area (Å²) in [6.45, 7) is 7.13. The van der Waals surface area contributed by atoms with Gasteiger partial charge in [0, 0.05) is 0 Å². The van der Waals surface area contributed by atoms with Crippen molar-refractivity contribution in [2.24, 2.45) is 0 Å². The molecule has 1 aromatic heterocycles. The summed E-state index contributed by atoms with van der Waals surface area (Å²) in [6, 6.07) is 0. The van der Waals surface area contributed by atoms with Crippen molar-refractivity contribution in [2.75, 3.05) is 5.73 Å². The Morgan fingerprint density at radius 2 is 2.07 bits per heavy atom. The van der Waals surface area contributed by atoms with E-state index in [9.17, 15) is 4.79 Å². The number of rotatable bonds is 1. The molecule has 0 fully saturated rings. The van der Waals surface area contributed by atoms with Gasteiger partial charge < -0.3 is 10.5 Å².